The molecule has 0 spiro atoms. The van der Waals surface area contributed by atoms with Gasteiger partial charge in [0.05, 0.1) is 6.04 Å². The maximum absolute atomic E-state index is 12.6. The van der Waals surface area contributed by atoms with E-state index in [0.29, 0.717) is 6.54 Å². The lowest BCUT2D eigenvalue weighted by molar-refractivity contribution is 0.175. The van der Waals surface area contributed by atoms with Gasteiger partial charge in [-0.3, -0.25) is 0 Å². The molecule has 118 valence electrons. The van der Waals surface area contributed by atoms with Crippen molar-refractivity contribution in [3.63, 3.8) is 0 Å². The van der Waals surface area contributed by atoms with Gasteiger partial charge < -0.3 is 10.2 Å². The monoisotopic (exact) mass is 342 g/mol. The third-order valence-electron chi connectivity index (χ3n) is 4.53. The molecular weight excluding hydrogens is 324 g/mol. The first-order valence-corrected chi connectivity index (χ1v) is 9.56. The topological polar surface area (TPSA) is 32.3 Å². The maximum Gasteiger partial charge on any atom is 0.318 e. The number of carbonyl (C=O) groups excluding carboxylic acids is 1. The average molecular weight is 342 g/mol. The Morgan fingerprint density at radius 2 is 2.17 bits per heavy atom. The second kappa shape index (κ2) is 5.98. The van der Waals surface area contributed by atoms with Gasteiger partial charge in [-0.2, -0.15) is 0 Å². The fourth-order valence-corrected chi connectivity index (χ4v) is 5.15. The Bertz CT molecular complexity index is 851. The summed E-state index contributed by atoms with van der Waals surface area (Å²) in [5, 5.41) is 8.60. The lowest BCUT2D eigenvalue weighted by Crippen LogP contribution is -2.44. The van der Waals surface area contributed by atoms with Crippen molar-refractivity contribution in [2.75, 3.05) is 6.54 Å². The zero-order chi connectivity index (χ0) is 15.8. The zero-order valence-corrected chi connectivity index (χ0v) is 14.5. The molecule has 1 aromatic carbocycles. The highest BCUT2D eigenvalue weighted by atomic mass is 32.1. The summed E-state index contributed by atoms with van der Waals surface area (Å²) < 4.78 is 1.27. The van der Waals surface area contributed by atoms with Crippen molar-refractivity contribution in [3.8, 4) is 0 Å². The molecule has 4 rings (SSSR count). The number of hydrogen-bond acceptors (Lipinski definition) is 3. The highest BCUT2D eigenvalue weighted by Gasteiger charge is 2.28. The summed E-state index contributed by atoms with van der Waals surface area (Å²) in [7, 11) is 0. The van der Waals surface area contributed by atoms with Crippen LogP contribution in [0.25, 0.3) is 10.1 Å². The average Bonchev–Trinajstić information content (AvgIpc) is 3.20. The summed E-state index contributed by atoms with van der Waals surface area (Å²) in [4.78, 5) is 16.0. The number of amides is 2. The molecular formula is C18H18N2OS2. The molecule has 0 bridgehead atoms. The zero-order valence-electron chi connectivity index (χ0n) is 12.9. The van der Waals surface area contributed by atoms with Gasteiger partial charge in [0.1, 0.15) is 0 Å². The fraction of sp³-hybridized carbons (Fsp3) is 0.278. The van der Waals surface area contributed by atoms with E-state index in [1.165, 1.54) is 26.1 Å². The molecule has 0 saturated heterocycles. The Hall–Kier alpha value is -1.85. The van der Waals surface area contributed by atoms with Crippen LogP contribution in [0, 0.1) is 0 Å². The van der Waals surface area contributed by atoms with E-state index in [-0.39, 0.29) is 12.1 Å². The largest absolute Gasteiger partial charge is 0.334 e. The fourth-order valence-electron chi connectivity index (χ4n) is 3.23. The lowest BCUT2D eigenvalue weighted by atomic mass is 10.0. The number of nitrogens with one attached hydrogen (secondary N) is 1. The Kier molecular flexibility index (Phi) is 3.83. The Balaban J connectivity index is 1.46. The molecule has 1 aliphatic heterocycles. The predicted octanol–water partition coefficient (Wildman–Crippen LogP) is 4.79. The van der Waals surface area contributed by atoms with Crippen LogP contribution in [-0.2, 0) is 13.0 Å². The minimum atomic E-state index is 0.0321. The highest BCUT2D eigenvalue weighted by molar-refractivity contribution is 7.17. The number of urea groups is 1. The third kappa shape index (κ3) is 2.64. The molecule has 0 radical (unpaired) electrons. The lowest BCUT2D eigenvalue weighted by Gasteiger charge is -2.33. The van der Waals surface area contributed by atoms with Gasteiger partial charge in [0.25, 0.3) is 0 Å². The third-order valence-corrected chi connectivity index (χ3v) is 6.54. The first-order chi connectivity index (χ1) is 11.2. The molecule has 3 nitrogen and oxygen atoms in total. The number of thiophene rings is 2. The number of carbonyl (C=O) groups is 1. The van der Waals surface area contributed by atoms with Crippen molar-refractivity contribution in [3.05, 3.63) is 57.1 Å². The van der Waals surface area contributed by atoms with Crippen molar-refractivity contribution in [1.29, 1.82) is 0 Å². The van der Waals surface area contributed by atoms with Crippen LogP contribution in [0.3, 0.4) is 0 Å². The summed E-state index contributed by atoms with van der Waals surface area (Å²) in [6, 6.07) is 10.7. The maximum atomic E-state index is 12.6. The van der Waals surface area contributed by atoms with Gasteiger partial charge >= 0.3 is 6.03 Å². The van der Waals surface area contributed by atoms with Crippen molar-refractivity contribution in [2.24, 2.45) is 0 Å². The molecule has 0 saturated carbocycles. The quantitative estimate of drug-likeness (QED) is 0.713. The van der Waals surface area contributed by atoms with Gasteiger partial charge in [0.15, 0.2) is 0 Å². The highest BCUT2D eigenvalue weighted by Crippen LogP contribution is 2.33. The van der Waals surface area contributed by atoms with Gasteiger partial charge in [-0.1, -0.05) is 18.2 Å². The molecule has 2 aromatic heterocycles. The summed E-state index contributed by atoms with van der Waals surface area (Å²) >= 11 is 3.53. The summed E-state index contributed by atoms with van der Waals surface area (Å²) in [6.07, 6.45) is 0.964. The molecule has 1 atom stereocenters. The Morgan fingerprint density at radius 1 is 1.30 bits per heavy atom. The predicted molar refractivity (Wildman–Crippen MR) is 97.2 cm³/mol. The smallest absolute Gasteiger partial charge is 0.318 e. The second-order valence-corrected chi connectivity index (χ2v) is 7.75. The van der Waals surface area contributed by atoms with Gasteiger partial charge in [-0.25, -0.2) is 4.79 Å². The molecule has 3 aromatic rings. The molecule has 1 N–H and O–H groups in total. The second-order valence-electron chi connectivity index (χ2n) is 5.83. The Morgan fingerprint density at radius 3 is 3.09 bits per heavy atom. The van der Waals surface area contributed by atoms with E-state index in [1.807, 2.05) is 11.0 Å². The van der Waals surface area contributed by atoms with E-state index in [2.05, 4.69) is 47.3 Å². The van der Waals surface area contributed by atoms with Crippen LogP contribution in [0.1, 0.15) is 29.0 Å². The first-order valence-electron chi connectivity index (χ1n) is 7.80. The molecule has 0 unspecified atom stereocenters. The van der Waals surface area contributed by atoms with E-state index in [0.717, 1.165) is 13.0 Å². The van der Waals surface area contributed by atoms with E-state index < -0.39 is 0 Å². The Labute approximate surface area is 143 Å². The minimum absolute atomic E-state index is 0.0321. The van der Waals surface area contributed by atoms with Crippen LogP contribution >= 0.6 is 22.7 Å². The minimum Gasteiger partial charge on any atom is -0.334 e. The molecule has 3 heterocycles. The molecule has 5 heteroatoms. The van der Waals surface area contributed by atoms with Crippen LogP contribution in [0.5, 0.6) is 0 Å². The van der Waals surface area contributed by atoms with Gasteiger partial charge in [-0.15, -0.1) is 22.7 Å². The van der Waals surface area contributed by atoms with E-state index in [4.69, 9.17) is 0 Å². The number of rotatable bonds is 2. The number of nitrogens with zero attached hydrogens (tertiary/aromatic N) is 1. The van der Waals surface area contributed by atoms with E-state index >= 15 is 0 Å². The number of fused-ring (bicyclic) bond motifs is 2. The van der Waals surface area contributed by atoms with Crippen molar-refractivity contribution in [2.45, 2.75) is 25.9 Å². The van der Waals surface area contributed by atoms with Crippen molar-refractivity contribution in [1.82, 2.24) is 10.2 Å². The summed E-state index contributed by atoms with van der Waals surface area (Å²) in [5.41, 5.74) is 2.50. The molecule has 0 fully saturated rings. The first kappa shape index (κ1) is 14.7. The van der Waals surface area contributed by atoms with Gasteiger partial charge in [0.2, 0.25) is 0 Å². The molecule has 2 amide bonds. The van der Waals surface area contributed by atoms with Gasteiger partial charge in [0, 0.05) is 22.7 Å². The standard InChI is InChI=1S/C18H18N2OS2/c1-12-14-7-9-22-17(14)6-8-20(12)18(21)19-10-13-11-23-16-5-3-2-4-15(13)16/h2-5,7,9,11-12H,6,8,10H2,1H3,(H,19,21)/t12-/m0/s1. The van der Waals surface area contributed by atoms with Crippen molar-refractivity contribution >= 4 is 38.8 Å². The summed E-state index contributed by atoms with van der Waals surface area (Å²) in [6.45, 7) is 3.50. The van der Waals surface area contributed by atoms with Crippen molar-refractivity contribution < 1.29 is 4.79 Å². The van der Waals surface area contributed by atoms with E-state index in [1.54, 1.807) is 22.7 Å². The molecule has 0 aliphatic carbocycles. The SMILES string of the molecule is C[C@H]1c2ccsc2CCN1C(=O)NCc1csc2ccccc12. The van der Waals surface area contributed by atoms with Crippen LogP contribution in [-0.4, -0.2) is 17.5 Å². The molecule has 1 aliphatic rings. The summed E-state index contributed by atoms with van der Waals surface area (Å²) in [5.74, 6) is 0. The number of benzene rings is 1. The van der Waals surface area contributed by atoms with E-state index in [9.17, 15) is 4.79 Å². The van der Waals surface area contributed by atoms with Crippen LogP contribution in [0.2, 0.25) is 0 Å². The van der Waals surface area contributed by atoms with Gasteiger partial charge in [-0.05, 0) is 52.8 Å². The normalized spacial score (nSPS) is 17.3. The number of hydrogen-bond donors (Lipinski definition) is 1. The molecule has 23 heavy (non-hydrogen) atoms. The van der Waals surface area contributed by atoms with Crippen LogP contribution < -0.4 is 5.32 Å². The van der Waals surface area contributed by atoms with Crippen LogP contribution in [0.4, 0.5) is 4.79 Å². The van der Waals surface area contributed by atoms with Crippen LogP contribution in [0.15, 0.2) is 41.1 Å².